The molecule has 0 radical (unpaired) electrons. The lowest BCUT2D eigenvalue weighted by Gasteiger charge is -2.38. The van der Waals surface area contributed by atoms with E-state index >= 15 is 0 Å². The molecule has 2 N–H and O–H groups in total. The molecule has 0 aromatic carbocycles. The lowest BCUT2D eigenvalue weighted by atomic mass is 9.91. The van der Waals surface area contributed by atoms with Gasteiger partial charge in [0.15, 0.2) is 0 Å². The molecule has 0 saturated carbocycles. The van der Waals surface area contributed by atoms with Crippen LogP contribution >= 0.6 is 0 Å². The van der Waals surface area contributed by atoms with Crippen LogP contribution in [0.2, 0.25) is 0 Å². The normalized spacial score (nSPS) is 25.8. The summed E-state index contributed by atoms with van der Waals surface area (Å²) in [5.41, 5.74) is 5.24. The van der Waals surface area contributed by atoms with E-state index in [0.717, 1.165) is 39.3 Å². The second-order valence-electron chi connectivity index (χ2n) is 6.32. The van der Waals surface area contributed by atoms with E-state index in [1.165, 1.54) is 12.8 Å². The SMILES string of the molecule is CC(C)(CN)C(=O)N1CCN(CC2CCCO2)CC1. The van der Waals surface area contributed by atoms with Gasteiger partial charge in [0.25, 0.3) is 0 Å². The summed E-state index contributed by atoms with van der Waals surface area (Å²) in [6.07, 6.45) is 2.77. The average Bonchev–Trinajstić information content (AvgIpc) is 2.91. The fourth-order valence-electron chi connectivity index (χ4n) is 2.73. The summed E-state index contributed by atoms with van der Waals surface area (Å²) in [6.45, 7) is 9.71. The van der Waals surface area contributed by atoms with Crippen molar-refractivity contribution in [2.75, 3.05) is 45.9 Å². The third-order valence-electron chi connectivity index (χ3n) is 4.23. The van der Waals surface area contributed by atoms with Crippen molar-refractivity contribution in [3.05, 3.63) is 0 Å². The van der Waals surface area contributed by atoms with Crippen molar-refractivity contribution in [1.29, 1.82) is 0 Å². The van der Waals surface area contributed by atoms with Crippen LogP contribution in [0.25, 0.3) is 0 Å². The van der Waals surface area contributed by atoms with Crippen molar-refractivity contribution in [2.45, 2.75) is 32.8 Å². The molecule has 0 aromatic rings. The summed E-state index contributed by atoms with van der Waals surface area (Å²) < 4.78 is 5.66. The minimum absolute atomic E-state index is 0.187. The molecule has 110 valence electrons. The largest absolute Gasteiger partial charge is 0.377 e. The zero-order valence-electron chi connectivity index (χ0n) is 12.2. The molecule has 2 fully saturated rings. The van der Waals surface area contributed by atoms with Crippen molar-refractivity contribution in [3.63, 3.8) is 0 Å². The number of amides is 1. The molecule has 2 aliphatic rings. The van der Waals surface area contributed by atoms with Gasteiger partial charge in [0.2, 0.25) is 5.91 Å². The number of piperazine rings is 1. The Morgan fingerprint density at radius 2 is 2.00 bits per heavy atom. The van der Waals surface area contributed by atoms with E-state index in [1.54, 1.807) is 0 Å². The fraction of sp³-hybridized carbons (Fsp3) is 0.929. The molecule has 1 atom stereocenters. The molecule has 0 spiro atoms. The van der Waals surface area contributed by atoms with Crippen molar-refractivity contribution in [2.24, 2.45) is 11.1 Å². The summed E-state index contributed by atoms with van der Waals surface area (Å²) >= 11 is 0. The van der Waals surface area contributed by atoms with Crippen LogP contribution in [0.15, 0.2) is 0 Å². The topological polar surface area (TPSA) is 58.8 Å². The standard InChI is InChI=1S/C14H27N3O2/c1-14(2,11-15)13(18)17-7-5-16(6-8-17)10-12-4-3-9-19-12/h12H,3-11,15H2,1-2H3. The summed E-state index contributed by atoms with van der Waals surface area (Å²) in [5.74, 6) is 0.187. The Kier molecular flexibility index (Phi) is 4.81. The highest BCUT2D eigenvalue weighted by Crippen LogP contribution is 2.19. The van der Waals surface area contributed by atoms with Crippen LogP contribution in [-0.2, 0) is 9.53 Å². The Hall–Kier alpha value is -0.650. The van der Waals surface area contributed by atoms with Gasteiger partial charge in [-0.15, -0.1) is 0 Å². The van der Waals surface area contributed by atoms with E-state index in [1.807, 2.05) is 18.7 Å². The summed E-state index contributed by atoms with van der Waals surface area (Å²) in [5, 5.41) is 0. The third kappa shape index (κ3) is 3.68. The molecule has 2 saturated heterocycles. The quantitative estimate of drug-likeness (QED) is 0.797. The Labute approximate surface area is 116 Å². The Bertz CT molecular complexity index is 306. The lowest BCUT2D eigenvalue weighted by molar-refractivity contribution is -0.141. The van der Waals surface area contributed by atoms with Crippen LogP contribution in [0, 0.1) is 5.41 Å². The van der Waals surface area contributed by atoms with Crippen molar-refractivity contribution in [1.82, 2.24) is 9.80 Å². The van der Waals surface area contributed by atoms with Crippen LogP contribution in [0.5, 0.6) is 0 Å². The first kappa shape index (κ1) is 14.8. The van der Waals surface area contributed by atoms with Crippen LogP contribution in [0.4, 0.5) is 0 Å². The summed E-state index contributed by atoms with van der Waals surface area (Å²) in [7, 11) is 0. The van der Waals surface area contributed by atoms with Crippen LogP contribution < -0.4 is 5.73 Å². The van der Waals surface area contributed by atoms with Gasteiger partial charge < -0.3 is 15.4 Å². The predicted octanol–water partition coefficient (Wildman–Crippen LogP) is 0.295. The highest BCUT2D eigenvalue weighted by molar-refractivity contribution is 5.82. The van der Waals surface area contributed by atoms with Gasteiger partial charge in [0.1, 0.15) is 0 Å². The van der Waals surface area contributed by atoms with Gasteiger partial charge in [0.05, 0.1) is 11.5 Å². The van der Waals surface area contributed by atoms with Crippen molar-refractivity contribution in [3.8, 4) is 0 Å². The maximum atomic E-state index is 12.3. The molecule has 0 bridgehead atoms. The number of nitrogens with two attached hydrogens (primary N) is 1. The zero-order chi connectivity index (χ0) is 13.9. The molecule has 0 aromatic heterocycles. The van der Waals surface area contributed by atoms with Gasteiger partial charge in [-0.05, 0) is 26.7 Å². The van der Waals surface area contributed by atoms with Crippen molar-refractivity contribution >= 4 is 5.91 Å². The van der Waals surface area contributed by atoms with Crippen LogP contribution in [-0.4, -0.2) is 67.7 Å². The molecule has 2 aliphatic heterocycles. The molecule has 1 unspecified atom stereocenters. The first-order valence-corrected chi connectivity index (χ1v) is 7.36. The third-order valence-corrected chi connectivity index (χ3v) is 4.23. The van der Waals surface area contributed by atoms with E-state index < -0.39 is 5.41 Å². The number of ether oxygens (including phenoxy) is 1. The second-order valence-corrected chi connectivity index (χ2v) is 6.32. The monoisotopic (exact) mass is 269 g/mol. The minimum Gasteiger partial charge on any atom is -0.377 e. The summed E-state index contributed by atoms with van der Waals surface area (Å²) in [4.78, 5) is 16.7. The van der Waals surface area contributed by atoms with Gasteiger partial charge in [-0.1, -0.05) is 0 Å². The smallest absolute Gasteiger partial charge is 0.229 e. The van der Waals surface area contributed by atoms with Crippen molar-refractivity contribution < 1.29 is 9.53 Å². The average molecular weight is 269 g/mol. The van der Waals surface area contributed by atoms with E-state index in [4.69, 9.17) is 10.5 Å². The molecule has 19 heavy (non-hydrogen) atoms. The maximum absolute atomic E-state index is 12.3. The Morgan fingerprint density at radius 3 is 2.53 bits per heavy atom. The first-order chi connectivity index (χ1) is 9.03. The zero-order valence-corrected chi connectivity index (χ0v) is 12.2. The molecule has 1 amide bonds. The summed E-state index contributed by atoms with van der Waals surface area (Å²) in [6, 6.07) is 0. The van der Waals surface area contributed by atoms with E-state index in [0.29, 0.717) is 12.6 Å². The van der Waals surface area contributed by atoms with Gasteiger partial charge in [-0.2, -0.15) is 0 Å². The predicted molar refractivity (Wildman–Crippen MR) is 74.8 cm³/mol. The van der Waals surface area contributed by atoms with Crippen LogP contribution in [0.1, 0.15) is 26.7 Å². The minimum atomic E-state index is -0.434. The molecular formula is C14H27N3O2. The molecule has 0 aliphatic carbocycles. The highest BCUT2D eigenvalue weighted by Gasteiger charge is 2.32. The molecular weight excluding hydrogens is 242 g/mol. The first-order valence-electron chi connectivity index (χ1n) is 7.36. The van der Waals surface area contributed by atoms with E-state index in [9.17, 15) is 4.79 Å². The number of hydrogen-bond donors (Lipinski definition) is 1. The van der Waals surface area contributed by atoms with Gasteiger partial charge >= 0.3 is 0 Å². The maximum Gasteiger partial charge on any atom is 0.229 e. The number of rotatable bonds is 4. The van der Waals surface area contributed by atoms with Gasteiger partial charge in [-0.3, -0.25) is 9.69 Å². The number of carbonyl (C=O) groups is 1. The second kappa shape index (κ2) is 6.20. The molecule has 5 nitrogen and oxygen atoms in total. The molecule has 2 rings (SSSR count). The molecule has 2 heterocycles. The van der Waals surface area contributed by atoms with Crippen LogP contribution in [0.3, 0.4) is 0 Å². The molecule has 5 heteroatoms. The number of carbonyl (C=O) groups excluding carboxylic acids is 1. The van der Waals surface area contributed by atoms with E-state index in [2.05, 4.69) is 4.90 Å². The van der Waals surface area contributed by atoms with Gasteiger partial charge in [0, 0.05) is 45.9 Å². The Balaban J connectivity index is 1.77. The number of hydrogen-bond acceptors (Lipinski definition) is 4. The fourth-order valence-corrected chi connectivity index (χ4v) is 2.73. The number of nitrogens with zero attached hydrogens (tertiary/aromatic N) is 2. The van der Waals surface area contributed by atoms with Gasteiger partial charge in [-0.25, -0.2) is 0 Å². The lowest BCUT2D eigenvalue weighted by Crippen LogP contribution is -2.54. The van der Waals surface area contributed by atoms with E-state index in [-0.39, 0.29) is 5.91 Å². The Morgan fingerprint density at radius 1 is 1.32 bits per heavy atom. The highest BCUT2D eigenvalue weighted by atomic mass is 16.5.